The third-order valence-corrected chi connectivity index (χ3v) is 5.35. The van der Waals surface area contributed by atoms with Gasteiger partial charge in [0.05, 0.1) is 0 Å². The first-order valence-corrected chi connectivity index (χ1v) is 8.67. The first-order valence-electron chi connectivity index (χ1n) is 8.67. The molecule has 0 aromatic heterocycles. The molecule has 1 saturated carbocycles. The van der Waals surface area contributed by atoms with Crippen LogP contribution in [0.4, 0.5) is 0 Å². The minimum Gasteiger partial charge on any atom is -0.316 e. The van der Waals surface area contributed by atoms with Gasteiger partial charge in [-0.3, -0.25) is 0 Å². The summed E-state index contributed by atoms with van der Waals surface area (Å²) in [4.78, 5) is 2.77. The third-order valence-electron chi connectivity index (χ3n) is 5.35. The van der Waals surface area contributed by atoms with E-state index in [4.69, 9.17) is 0 Å². The lowest BCUT2D eigenvalue weighted by molar-refractivity contribution is 0.0982. The lowest BCUT2D eigenvalue weighted by Crippen LogP contribution is -2.46. The fourth-order valence-corrected chi connectivity index (χ4v) is 3.95. The normalized spacial score (nSPS) is 26.2. The standard InChI is InChI=1S/C17H34N2/c1-3-18-14-17(10-6-4-5-7-11-17)15-19-12-8-16(2)9-13-19/h16,18H,3-15H2,1-2H3. The van der Waals surface area contributed by atoms with Crippen LogP contribution >= 0.6 is 0 Å². The van der Waals surface area contributed by atoms with Crippen molar-refractivity contribution in [2.24, 2.45) is 11.3 Å². The summed E-state index contributed by atoms with van der Waals surface area (Å²) in [7, 11) is 0. The average Bonchev–Trinajstić information content (AvgIpc) is 2.65. The molecule has 1 heterocycles. The van der Waals surface area contributed by atoms with Crippen molar-refractivity contribution >= 4 is 0 Å². The van der Waals surface area contributed by atoms with Crippen molar-refractivity contribution in [1.29, 1.82) is 0 Å². The lowest BCUT2D eigenvalue weighted by Gasteiger charge is -2.40. The van der Waals surface area contributed by atoms with E-state index in [0.29, 0.717) is 5.41 Å². The van der Waals surface area contributed by atoms with Gasteiger partial charge in [-0.15, -0.1) is 0 Å². The highest BCUT2D eigenvalue weighted by Crippen LogP contribution is 2.36. The molecule has 112 valence electrons. The van der Waals surface area contributed by atoms with Gasteiger partial charge < -0.3 is 10.2 Å². The Morgan fingerprint density at radius 2 is 1.68 bits per heavy atom. The molecule has 1 saturated heterocycles. The summed E-state index contributed by atoms with van der Waals surface area (Å²) in [5, 5.41) is 3.66. The van der Waals surface area contributed by atoms with Crippen molar-refractivity contribution in [2.45, 2.75) is 65.2 Å². The van der Waals surface area contributed by atoms with Crippen molar-refractivity contribution in [3.63, 3.8) is 0 Å². The third kappa shape index (κ3) is 4.75. The zero-order chi connectivity index (χ0) is 13.6. The van der Waals surface area contributed by atoms with Crippen LogP contribution in [-0.4, -0.2) is 37.6 Å². The number of hydrogen-bond donors (Lipinski definition) is 1. The maximum atomic E-state index is 3.66. The van der Waals surface area contributed by atoms with E-state index in [2.05, 4.69) is 24.1 Å². The SMILES string of the molecule is CCNCC1(CN2CCC(C)CC2)CCCCCC1. The Kier molecular flexibility index (Phi) is 6.15. The summed E-state index contributed by atoms with van der Waals surface area (Å²) in [6, 6.07) is 0. The minimum absolute atomic E-state index is 0.576. The van der Waals surface area contributed by atoms with Gasteiger partial charge in [0.1, 0.15) is 0 Å². The largest absolute Gasteiger partial charge is 0.316 e. The Labute approximate surface area is 120 Å². The second-order valence-electron chi connectivity index (χ2n) is 7.15. The molecule has 1 aliphatic heterocycles. The minimum atomic E-state index is 0.576. The van der Waals surface area contributed by atoms with Crippen LogP contribution in [0.2, 0.25) is 0 Å². The van der Waals surface area contributed by atoms with E-state index in [9.17, 15) is 0 Å². The van der Waals surface area contributed by atoms with Gasteiger partial charge in [0, 0.05) is 13.1 Å². The summed E-state index contributed by atoms with van der Waals surface area (Å²) >= 11 is 0. The van der Waals surface area contributed by atoms with Crippen molar-refractivity contribution in [3.8, 4) is 0 Å². The van der Waals surface area contributed by atoms with Gasteiger partial charge in [-0.25, -0.2) is 0 Å². The number of nitrogens with zero attached hydrogens (tertiary/aromatic N) is 1. The van der Waals surface area contributed by atoms with Crippen molar-refractivity contribution in [3.05, 3.63) is 0 Å². The molecule has 2 rings (SSSR count). The van der Waals surface area contributed by atoms with E-state index in [1.807, 2.05) is 0 Å². The fraction of sp³-hybridized carbons (Fsp3) is 1.00. The molecular weight excluding hydrogens is 232 g/mol. The number of likely N-dealkylation sites (tertiary alicyclic amines) is 1. The summed E-state index contributed by atoms with van der Waals surface area (Å²) < 4.78 is 0. The monoisotopic (exact) mass is 266 g/mol. The second-order valence-corrected chi connectivity index (χ2v) is 7.15. The highest BCUT2D eigenvalue weighted by atomic mass is 15.1. The number of nitrogens with one attached hydrogen (secondary N) is 1. The molecule has 1 N–H and O–H groups in total. The molecule has 2 aliphatic rings. The summed E-state index contributed by atoms with van der Waals surface area (Å²) in [5.74, 6) is 0.954. The first kappa shape index (κ1) is 15.3. The zero-order valence-electron chi connectivity index (χ0n) is 13.2. The van der Waals surface area contributed by atoms with Crippen LogP contribution in [-0.2, 0) is 0 Å². The molecule has 2 heteroatoms. The van der Waals surface area contributed by atoms with Gasteiger partial charge in [0.25, 0.3) is 0 Å². The maximum absolute atomic E-state index is 3.66. The fourth-order valence-electron chi connectivity index (χ4n) is 3.95. The molecule has 1 aliphatic carbocycles. The topological polar surface area (TPSA) is 15.3 Å². The Morgan fingerprint density at radius 3 is 2.26 bits per heavy atom. The quantitative estimate of drug-likeness (QED) is 0.764. The van der Waals surface area contributed by atoms with Crippen molar-refractivity contribution in [1.82, 2.24) is 10.2 Å². The summed E-state index contributed by atoms with van der Waals surface area (Å²) in [5.41, 5.74) is 0.576. The molecule has 2 nitrogen and oxygen atoms in total. The van der Waals surface area contributed by atoms with E-state index < -0.39 is 0 Å². The average molecular weight is 266 g/mol. The lowest BCUT2D eigenvalue weighted by atomic mass is 9.79. The van der Waals surface area contributed by atoms with Crippen LogP contribution in [0.3, 0.4) is 0 Å². The van der Waals surface area contributed by atoms with Crippen LogP contribution in [0.1, 0.15) is 65.2 Å². The Bertz CT molecular complexity index is 236. The predicted octanol–water partition coefficient (Wildman–Crippen LogP) is 3.67. The molecule has 0 amide bonds. The Balaban J connectivity index is 1.92. The van der Waals surface area contributed by atoms with Crippen LogP contribution in [0.15, 0.2) is 0 Å². The van der Waals surface area contributed by atoms with Crippen molar-refractivity contribution < 1.29 is 0 Å². The Morgan fingerprint density at radius 1 is 1.05 bits per heavy atom. The van der Waals surface area contributed by atoms with E-state index in [1.165, 1.54) is 77.5 Å². The van der Waals surface area contributed by atoms with Gasteiger partial charge >= 0.3 is 0 Å². The van der Waals surface area contributed by atoms with Gasteiger partial charge in [0.15, 0.2) is 0 Å². The highest BCUT2D eigenvalue weighted by molar-refractivity contribution is 4.88. The van der Waals surface area contributed by atoms with E-state index in [-0.39, 0.29) is 0 Å². The van der Waals surface area contributed by atoms with Gasteiger partial charge in [-0.2, -0.15) is 0 Å². The zero-order valence-corrected chi connectivity index (χ0v) is 13.2. The molecule has 0 spiro atoms. The highest BCUT2D eigenvalue weighted by Gasteiger charge is 2.33. The first-order chi connectivity index (χ1) is 9.24. The molecule has 2 fully saturated rings. The van der Waals surface area contributed by atoms with Crippen LogP contribution < -0.4 is 5.32 Å². The van der Waals surface area contributed by atoms with Crippen LogP contribution in [0.25, 0.3) is 0 Å². The smallest absolute Gasteiger partial charge is 0.00501 e. The van der Waals surface area contributed by atoms with E-state index >= 15 is 0 Å². The van der Waals surface area contributed by atoms with Crippen LogP contribution in [0, 0.1) is 11.3 Å². The maximum Gasteiger partial charge on any atom is 0.00501 e. The molecule has 0 radical (unpaired) electrons. The Hall–Kier alpha value is -0.0800. The molecule has 0 atom stereocenters. The van der Waals surface area contributed by atoms with Crippen molar-refractivity contribution in [2.75, 3.05) is 32.7 Å². The van der Waals surface area contributed by atoms with Gasteiger partial charge in [-0.1, -0.05) is 39.5 Å². The molecule has 0 unspecified atom stereocenters. The van der Waals surface area contributed by atoms with E-state index in [1.54, 1.807) is 0 Å². The molecule has 0 aromatic rings. The molecule has 19 heavy (non-hydrogen) atoms. The molecule has 0 aromatic carbocycles. The number of hydrogen-bond acceptors (Lipinski definition) is 2. The predicted molar refractivity (Wildman–Crippen MR) is 83.5 cm³/mol. The summed E-state index contributed by atoms with van der Waals surface area (Å²) in [6.45, 7) is 11.1. The summed E-state index contributed by atoms with van der Waals surface area (Å²) in [6.07, 6.45) is 11.6. The number of rotatable bonds is 5. The van der Waals surface area contributed by atoms with Gasteiger partial charge in [-0.05, 0) is 56.7 Å². The molecule has 0 bridgehead atoms. The van der Waals surface area contributed by atoms with E-state index in [0.717, 1.165) is 12.5 Å². The number of piperidine rings is 1. The van der Waals surface area contributed by atoms with Gasteiger partial charge in [0.2, 0.25) is 0 Å². The second kappa shape index (κ2) is 7.64. The van der Waals surface area contributed by atoms with Crippen LogP contribution in [0.5, 0.6) is 0 Å². The molecular formula is C17H34N2.